The van der Waals surface area contributed by atoms with Crippen molar-refractivity contribution < 1.29 is 9.59 Å². The minimum atomic E-state index is -0.519. The van der Waals surface area contributed by atoms with Crippen LogP contribution in [0.4, 0.5) is 5.69 Å². The number of nitrogens with zero attached hydrogens (tertiary/aromatic N) is 1. The van der Waals surface area contributed by atoms with Crippen molar-refractivity contribution in [1.82, 2.24) is 4.90 Å². The van der Waals surface area contributed by atoms with Crippen molar-refractivity contribution in [2.75, 3.05) is 5.32 Å². The fraction of sp³-hybridized carbons (Fsp3) is 0.0588. The van der Waals surface area contributed by atoms with E-state index >= 15 is 0 Å². The molecule has 24 heavy (non-hydrogen) atoms. The van der Waals surface area contributed by atoms with Crippen molar-refractivity contribution in [1.29, 1.82) is 0 Å². The van der Waals surface area contributed by atoms with Crippen molar-refractivity contribution in [2.24, 2.45) is 0 Å². The molecule has 3 rings (SSSR count). The van der Waals surface area contributed by atoms with Crippen molar-refractivity contribution >= 4 is 56.6 Å². The van der Waals surface area contributed by atoms with Gasteiger partial charge in [0.25, 0.3) is 11.8 Å². The molecule has 2 aromatic carbocycles. The van der Waals surface area contributed by atoms with Crippen LogP contribution in [0.3, 0.4) is 0 Å². The van der Waals surface area contributed by atoms with E-state index < -0.39 is 11.8 Å². The number of hydrogen-bond donors (Lipinski definition) is 1. The first kappa shape index (κ1) is 17.0. The van der Waals surface area contributed by atoms with Crippen molar-refractivity contribution in [3.63, 3.8) is 0 Å². The number of anilines is 1. The topological polar surface area (TPSA) is 49.4 Å². The van der Waals surface area contributed by atoms with Gasteiger partial charge in [-0.25, -0.2) is 0 Å². The minimum Gasteiger partial charge on any atom is -0.350 e. The van der Waals surface area contributed by atoms with Crippen LogP contribution >= 0.6 is 39.1 Å². The number of rotatable bonds is 4. The smallest absolute Gasteiger partial charge is 0.279 e. The Bertz CT molecular complexity index is 850. The van der Waals surface area contributed by atoms with E-state index in [0.29, 0.717) is 10.7 Å². The Hall–Kier alpha value is -1.82. The van der Waals surface area contributed by atoms with Gasteiger partial charge in [0.15, 0.2) is 0 Å². The predicted molar refractivity (Wildman–Crippen MR) is 97.7 cm³/mol. The van der Waals surface area contributed by atoms with Gasteiger partial charge in [-0.2, -0.15) is 0 Å². The lowest BCUT2D eigenvalue weighted by Gasteiger charge is -2.15. The molecule has 0 fully saturated rings. The second-order valence-electron chi connectivity index (χ2n) is 5.15. The SMILES string of the molecule is O=C1C(Cl)=C(Nc2cccc(Cl)c2)C(=O)N1Cc1ccc(Br)cc1. The molecule has 7 heteroatoms. The van der Waals surface area contributed by atoms with E-state index in [-0.39, 0.29) is 17.3 Å². The maximum atomic E-state index is 12.5. The van der Waals surface area contributed by atoms with Gasteiger partial charge in [0, 0.05) is 15.2 Å². The van der Waals surface area contributed by atoms with Crippen LogP contribution in [0, 0.1) is 0 Å². The molecule has 0 bridgehead atoms. The van der Waals surface area contributed by atoms with Crippen LogP contribution in [0.1, 0.15) is 5.56 Å². The molecule has 1 aliphatic heterocycles. The van der Waals surface area contributed by atoms with Crippen molar-refractivity contribution in [2.45, 2.75) is 6.54 Å². The zero-order valence-corrected chi connectivity index (χ0v) is 15.3. The number of benzene rings is 2. The predicted octanol–water partition coefficient (Wildman–Crippen LogP) is 4.53. The molecule has 0 aliphatic carbocycles. The summed E-state index contributed by atoms with van der Waals surface area (Å²) in [6.45, 7) is 0.155. The summed E-state index contributed by atoms with van der Waals surface area (Å²) in [6.07, 6.45) is 0. The Balaban J connectivity index is 1.80. The van der Waals surface area contributed by atoms with E-state index in [4.69, 9.17) is 23.2 Å². The maximum absolute atomic E-state index is 12.5. The van der Waals surface area contributed by atoms with Gasteiger partial charge in [0.05, 0.1) is 6.54 Å². The molecule has 1 heterocycles. The average Bonchev–Trinajstić information content (AvgIpc) is 2.75. The standard InChI is InChI=1S/C17H11BrCl2N2O2/c18-11-6-4-10(5-7-11)9-22-16(23)14(20)15(17(22)24)21-13-3-1-2-12(19)8-13/h1-8,21H,9H2. The quantitative estimate of drug-likeness (QED) is 0.732. The number of nitrogens with one attached hydrogen (secondary N) is 1. The van der Waals surface area contributed by atoms with Gasteiger partial charge in [0.2, 0.25) is 0 Å². The number of carbonyl (C=O) groups excluding carboxylic acids is 2. The molecule has 0 saturated heterocycles. The second kappa shape index (κ2) is 6.97. The van der Waals surface area contributed by atoms with Gasteiger partial charge in [-0.3, -0.25) is 14.5 Å². The van der Waals surface area contributed by atoms with Crippen LogP contribution in [0.2, 0.25) is 5.02 Å². The third-order valence-electron chi connectivity index (χ3n) is 3.46. The van der Waals surface area contributed by atoms with E-state index in [1.807, 2.05) is 24.3 Å². The molecular formula is C17H11BrCl2N2O2. The first-order chi connectivity index (χ1) is 11.5. The summed E-state index contributed by atoms with van der Waals surface area (Å²) < 4.78 is 0.921. The molecule has 1 N–H and O–H groups in total. The summed E-state index contributed by atoms with van der Waals surface area (Å²) in [5, 5.41) is 3.27. The molecular weight excluding hydrogens is 415 g/mol. The van der Waals surface area contributed by atoms with Gasteiger partial charge in [-0.15, -0.1) is 0 Å². The Labute approximate surface area is 157 Å². The molecule has 0 saturated carbocycles. The van der Waals surface area contributed by atoms with Gasteiger partial charge >= 0.3 is 0 Å². The molecule has 122 valence electrons. The summed E-state index contributed by atoms with van der Waals surface area (Å²) in [5.74, 6) is -0.984. The average molecular weight is 426 g/mol. The van der Waals surface area contributed by atoms with Crippen LogP contribution in [0.5, 0.6) is 0 Å². The molecule has 0 atom stereocenters. The summed E-state index contributed by atoms with van der Waals surface area (Å²) in [4.78, 5) is 25.9. The summed E-state index contributed by atoms with van der Waals surface area (Å²) in [7, 11) is 0. The third kappa shape index (κ3) is 3.48. The zero-order valence-electron chi connectivity index (χ0n) is 12.2. The van der Waals surface area contributed by atoms with E-state index in [2.05, 4.69) is 21.2 Å². The molecule has 1 aliphatic rings. The zero-order chi connectivity index (χ0) is 17.3. The maximum Gasteiger partial charge on any atom is 0.279 e. The lowest BCUT2D eigenvalue weighted by Crippen LogP contribution is -2.31. The number of imide groups is 1. The highest BCUT2D eigenvalue weighted by Gasteiger charge is 2.37. The highest BCUT2D eigenvalue weighted by molar-refractivity contribution is 9.10. The van der Waals surface area contributed by atoms with E-state index in [1.54, 1.807) is 24.3 Å². The molecule has 0 unspecified atom stereocenters. The van der Waals surface area contributed by atoms with E-state index in [0.717, 1.165) is 14.9 Å². The summed E-state index contributed by atoms with van der Waals surface area (Å²) >= 11 is 15.3. The lowest BCUT2D eigenvalue weighted by atomic mass is 10.2. The van der Waals surface area contributed by atoms with Crippen LogP contribution in [-0.2, 0) is 16.1 Å². The molecule has 2 amide bonds. The normalized spacial score (nSPS) is 14.5. The highest BCUT2D eigenvalue weighted by atomic mass is 79.9. The molecule has 0 aromatic heterocycles. The van der Waals surface area contributed by atoms with Crippen LogP contribution in [0.25, 0.3) is 0 Å². The molecule has 0 spiro atoms. The largest absolute Gasteiger partial charge is 0.350 e. The minimum absolute atomic E-state index is 0.0565. The Kier molecular flexibility index (Phi) is 4.94. The summed E-state index contributed by atoms with van der Waals surface area (Å²) in [5.41, 5.74) is 1.47. The fourth-order valence-electron chi connectivity index (χ4n) is 2.28. The second-order valence-corrected chi connectivity index (χ2v) is 6.88. The van der Waals surface area contributed by atoms with Crippen LogP contribution in [-0.4, -0.2) is 16.7 Å². The van der Waals surface area contributed by atoms with Gasteiger partial charge in [0.1, 0.15) is 10.7 Å². The lowest BCUT2D eigenvalue weighted by molar-refractivity contribution is -0.138. The van der Waals surface area contributed by atoms with Crippen molar-refractivity contribution in [3.05, 3.63) is 74.3 Å². The fourth-order valence-corrected chi connectivity index (χ4v) is 2.97. The number of carbonyl (C=O) groups is 2. The van der Waals surface area contributed by atoms with Gasteiger partial charge < -0.3 is 5.32 Å². The first-order valence-electron chi connectivity index (χ1n) is 6.98. The molecule has 0 radical (unpaired) electrons. The van der Waals surface area contributed by atoms with Crippen LogP contribution < -0.4 is 5.32 Å². The highest BCUT2D eigenvalue weighted by Crippen LogP contribution is 2.28. The Morgan fingerprint density at radius 1 is 1.00 bits per heavy atom. The first-order valence-corrected chi connectivity index (χ1v) is 8.53. The Morgan fingerprint density at radius 3 is 2.38 bits per heavy atom. The van der Waals surface area contributed by atoms with E-state index in [1.165, 1.54) is 0 Å². The molecule has 4 nitrogen and oxygen atoms in total. The monoisotopic (exact) mass is 424 g/mol. The van der Waals surface area contributed by atoms with E-state index in [9.17, 15) is 9.59 Å². The third-order valence-corrected chi connectivity index (χ3v) is 4.57. The van der Waals surface area contributed by atoms with Gasteiger partial charge in [-0.05, 0) is 35.9 Å². The molecule has 2 aromatic rings. The summed E-state index contributed by atoms with van der Waals surface area (Å²) in [6, 6.07) is 14.2. The van der Waals surface area contributed by atoms with Crippen molar-refractivity contribution in [3.8, 4) is 0 Å². The van der Waals surface area contributed by atoms with Gasteiger partial charge in [-0.1, -0.05) is 57.3 Å². The van der Waals surface area contributed by atoms with Crippen LogP contribution in [0.15, 0.2) is 63.7 Å². The Morgan fingerprint density at radius 2 is 1.71 bits per heavy atom. The number of amides is 2. The number of hydrogen-bond acceptors (Lipinski definition) is 3. The number of halogens is 3.